The number of aromatic nitrogens is 2. The fraction of sp³-hybridized carbons (Fsp3) is 0.500. The maximum atomic E-state index is 9.69. The van der Waals surface area contributed by atoms with E-state index in [-0.39, 0.29) is 10.8 Å². The Morgan fingerprint density at radius 3 is 2.56 bits per heavy atom. The monoisotopic (exact) mass is 489 g/mol. The molecule has 36 heavy (non-hydrogen) atoms. The average molecular weight is 490 g/mol. The van der Waals surface area contributed by atoms with Gasteiger partial charge in [-0.3, -0.25) is 10.00 Å². The van der Waals surface area contributed by atoms with Crippen LogP contribution in [0.25, 0.3) is 0 Å². The summed E-state index contributed by atoms with van der Waals surface area (Å²) in [4.78, 5) is 2.54. The van der Waals surface area contributed by atoms with Crippen LogP contribution in [0.1, 0.15) is 54.8 Å². The number of hydrogen-bond acceptors (Lipinski definition) is 5. The first-order chi connectivity index (χ1) is 17.4. The Bertz CT molecular complexity index is 1120. The van der Waals surface area contributed by atoms with Crippen molar-refractivity contribution >= 4 is 0 Å². The zero-order valence-corrected chi connectivity index (χ0v) is 21.6. The van der Waals surface area contributed by atoms with Gasteiger partial charge in [0.25, 0.3) is 0 Å². The van der Waals surface area contributed by atoms with Crippen LogP contribution in [0.4, 0.5) is 0 Å². The van der Waals surface area contributed by atoms with Gasteiger partial charge in [-0.15, -0.1) is 0 Å². The second-order valence-corrected chi connectivity index (χ2v) is 11.5. The summed E-state index contributed by atoms with van der Waals surface area (Å²) in [6, 6.07) is 18.0. The number of ether oxygens (including phenoxy) is 2. The van der Waals surface area contributed by atoms with E-state index in [0.29, 0.717) is 19.0 Å². The Hall–Kier alpha value is -2.67. The molecule has 0 aliphatic carbocycles. The first-order valence-corrected chi connectivity index (χ1v) is 13.1. The molecular weight excluding hydrogens is 450 g/mol. The van der Waals surface area contributed by atoms with Crippen LogP contribution in [0.3, 0.4) is 0 Å². The van der Waals surface area contributed by atoms with Gasteiger partial charge >= 0.3 is 0 Å². The molecule has 1 aromatic heterocycles. The second kappa shape index (κ2) is 10.8. The first-order valence-electron chi connectivity index (χ1n) is 13.1. The van der Waals surface area contributed by atoms with Crippen molar-refractivity contribution in [3.8, 4) is 5.75 Å². The van der Waals surface area contributed by atoms with Crippen molar-refractivity contribution in [2.45, 2.75) is 59.2 Å². The molecule has 1 saturated heterocycles. The van der Waals surface area contributed by atoms with E-state index in [9.17, 15) is 5.11 Å². The van der Waals surface area contributed by atoms with Gasteiger partial charge in [-0.1, -0.05) is 56.3 Å². The number of phenols is 1. The fourth-order valence-corrected chi connectivity index (χ4v) is 5.75. The third-order valence-corrected chi connectivity index (χ3v) is 7.68. The highest BCUT2D eigenvalue weighted by Crippen LogP contribution is 2.41. The van der Waals surface area contributed by atoms with E-state index in [2.05, 4.69) is 48.1 Å². The van der Waals surface area contributed by atoms with E-state index in [1.807, 2.05) is 18.2 Å². The van der Waals surface area contributed by atoms with Crippen LogP contribution in [0.2, 0.25) is 0 Å². The highest BCUT2D eigenvalue weighted by molar-refractivity contribution is 5.30. The Kier molecular flexibility index (Phi) is 7.47. The summed E-state index contributed by atoms with van der Waals surface area (Å²) in [6.07, 6.45) is 4.09. The van der Waals surface area contributed by atoms with Gasteiger partial charge in [0.1, 0.15) is 5.75 Å². The van der Waals surface area contributed by atoms with Crippen molar-refractivity contribution in [1.82, 2.24) is 15.1 Å². The SMILES string of the molecule is CC(C)(COCc1ccccc1)Cc1n[nH]c2c1CC1(CCOCC1)CN(Cc1ccc(O)cc1)C2. The van der Waals surface area contributed by atoms with Crippen molar-refractivity contribution in [3.63, 3.8) is 0 Å². The maximum Gasteiger partial charge on any atom is 0.115 e. The summed E-state index contributed by atoms with van der Waals surface area (Å²) in [5, 5.41) is 18.0. The van der Waals surface area contributed by atoms with Gasteiger partial charge < -0.3 is 14.6 Å². The summed E-state index contributed by atoms with van der Waals surface area (Å²) in [7, 11) is 0. The van der Waals surface area contributed by atoms with Crippen LogP contribution >= 0.6 is 0 Å². The van der Waals surface area contributed by atoms with E-state index >= 15 is 0 Å². The summed E-state index contributed by atoms with van der Waals surface area (Å²) in [5.41, 5.74) is 6.45. The van der Waals surface area contributed by atoms with E-state index < -0.39 is 0 Å². The Balaban J connectivity index is 1.32. The molecule has 1 spiro atoms. The second-order valence-electron chi connectivity index (χ2n) is 11.5. The maximum absolute atomic E-state index is 9.69. The van der Waals surface area contributed by atoms with Gasteiger partial charge in [-0.25, -0.2) is 0 Å². The third-order valence-electron chi connectivity index (χ3n) is 7.68. The van der Waals surface area contributed by atoms with Gasteiger partial charge in [0.15, 0.2) is 0 Å². The molecule has 2 aliphatic rings. The van der Waals surface area contributed by atoms with Crippen molar-refractivity contribution < 1.29 is 14.6 Å². The molecule has 0 saturated carbocycles. The zero-order valence-electron chi connectivity index (χ0n) is 21.6. The topological polar surface area (TPSA) is 70.6 Å². The molecular formula is C30H39N3O3. The van der Waals surface area contributed by atoms with Crippen LogP contribution in [0, 0.1) is 10.8 Å². The third kappa shape index (κ3) is 6.17. The number of phenolic OH excluding ortho intramolecular Hbond substituents is 1. The van der Waals surface area contributed by atoms with Crippen molar-refractivity contribution in [1.29, 1.82) is 0 Å². The molecule has 5 rings (SSSR count). The van der Waals surface area contributed by atoms with Crippen LogP contribution in [0.15, 0.2) is 54.6 Å². The molecule has 0 radical (unpaired) electrons. The lowest BCUT2D eigenvalue weighted by atomic mass is 9.74. The fourth-order valence-electron chi connectivity index (χ4n) is 5.75. The van der Waals surface area contributed by atoms with Gasteiger partial charge in [0, 0.05) is 32.8 Å². The summed E-state index contributed by atoms with van der Waals surface area (Å²) < 4.78 is 11.9. The molecule has 0 amide bonds. The molecule has 1 fully saturated rings. The highest BCUT2D eigenvalue weighted by Gasteiger charge is 2.39. The Morgan fingerprint density at radius 1 is 1.06 bits per heavy atom. The van der Waals surface area contributed by atoms with E-state index in [1.54, 1.807) is 12.1 Å². The van der Waals surface area contributed by atoms with Crippen LogP contribution in [-0.2, 0) is 42.0 Å². The predicted molar refractivity (Wildman–Crippen MR) is 141 cm³/mol. The molecule has 2 aliphatic heterocycles. The van der Waals surface area contributed by atoms with Crippen LogP contribution in [0.5, 0.6) is 5.75 Å². The van der Waals surface area contributed by atoms with E-state index in [0.717, 1.165) is 58.5 Å². The molecule has 3 heterocycles. The van der Waals surface area contributed by atoms with Crippen LogP contribution < -0.4 is 0 Å². The highest BCUT2D eigenvalue weighted by atomic mass is 16.5. The average Bonchev–Trinajstić information content (AvgIpc) is 3.13. The Morgan fingerprint density at radius 2 is 1.81 bits per heavy atom. The number of fused-ring (bicyclic) bond motifs is 1. The summed E-state index contributed by atoms with van der Waals surface area (Å²) in [6.45, 7) is 10.3. The van der Waals surface area contributed by atoms with Crippen LogP contribution in [-0.4, -0.2) is 46.6 Å². The largest absolute Gasteiger partial charge is 0.508 e. The van der Waals surface area contributed by atoms with Crippen molar-refractivity contribution in [2.75, 3.05) is 26.4 Å². The number of benzene rings is 2. The van der Waals surface area contributed by atoms with E-state index in [4.69, 9.17) is 14.6 Å². The number of aromatic amines is 1. The lowest BCUT2D eigenvalue weighted by molar-refractivity contribution is -0.00465. The number of aromatic hydroxyl groups is 1. The number of nitrogens with one attached hydrogen (secondary N) is 1. The standard InChI is InChI=1S/C30H39N3O3/c1-29(2,22-36-20-24-6-4-3-5-7-24)17-27-26-16-30(12-14-35-15-13-30)21-33(19-28(26)32-31-27)18-23-8-10-25(34)11-9-23/h3-11,34H,12-22H2,1-2H3,(H,31,32). The van der Waals surface area contributed by atoms with Crippen molar-refractivity contribution in [2.24, 2.45) is 10.8 Å². The molecule has 3 aromatic rings. The quantitative estimate of drug-likeness (QED) is 0.452. The number of hydrogen-bond donors (Lipinski definition) is 2. The molecule has 2 aromatic carbocycles. The minimum absolute atomic E-state index is 0.0153. The normalized spacial score (nSPS) is 18.2. The zero-order chi connectivity index (χ0) is 25.0. The van der Waals surface area contributed by atoms with Gasteiger partial charge in [0.05, 0.1) is 24.6 Å². The summed E-state index contributed by atoms with van der Waals surface area (Å²) in [5.74, 6) is 0.311. The Labute approximate surface area is 214 Å². The molecule has 6 heteroatoms. The van der Waals surface area contributed by atoms with Gasteiger partial charge in [-0.05, 0) is 65.3 Å². The molecule has 0 atom stereocenters. The number of rotatable bonds is 8. The summed E-state index contributed by atoms with van der Waals surface area (Å²) >= 11 is 0. The molecule has 2 N–H and O–H groups in total. The van der Waals surface area contributed by atoms with Crippen molar-refractivity contribution in [3.05, 3.63) is 82.7 Å². The predicted octanol–water partition coefficient (Wildman–Crippen LogP) is 5.26. The number of nitrogens with zero attached hydrogens (tertiary/aromatic N) is 2. The molecule has 0 bridgehead atoms. The molecule has 6 nitrogen and oxygen atoms in total. The lowest BCUT2D eigenvalue weighted by Crippen LogP contribution is -2.41. The lowest BCUT2D eigenvalue weighted by Gasteiger charge is -2.39. The smallest absolute Gasteiger partial charge is 0.115 e. The molecule has 0 unspecified atom stereocenters. The van der Waals surface area contributed by atoms with E-state index in [1.165, 1.54) is 28.1 Å². The minimum Gasteiger partial charge on any atom is -0.508 e. The van der Waals surface area contributed by atoms with Gasteiger partial charge in [-0.2, -0.15) is 5.10 Å². The molecule has 192 valence electrons. The first kappa shape index (κ1) is 25.0. The van der Waals surface area contributed by atoms with Gasteiger partial charge in [0.2, 0.25) is 0 Å². The number of H-pyrrole nitrogens is 1. The minimum atomic E-state index is -0.0153.